The highest BCUT2D eigenvalue weighted by Crippen LogP contribution is 2.31. The Kier molecular flexibility index (Phi) is 4.88. The summed E-state index contributed by atoms with van der Waals surface area (Å²) in [7, 11) is 0. The van der Waals surface area contributed by atoms with Crippen molar-refractivity contribution >= 4 is 17.7 Å². The van der Waals surface area contributed by atoms with Crippen molar-refractivity contribution < 1.29 is 9.72 Å². The normalized spacial score (nSPS) is 10.5. The maximum Gasteiger partial charge on any atom is 0.293 e. The van der Waals surface area contributed by atoms with Gasteiger partial charge in [-0.3, -0.25) is 14.9 Å². The molecular formula is C17H18N2O3. The predicted octanol–water partition coefficient (Wildman–Crippen LogP) is 3.82. The van der Waals surface area contributed by atoms with Gasteiger partial charge in [-0.1, -0.05) is 30.3 Å². The van der Waals surface area contributed by atoms with Gasteiger partial charge in [0.2, 0.25) is 0 Å². The lowest BCUT2D eigenvalue weighted by Crippen LogP contribution is -2.30. The van der Waals surface area contributed by atoms with Gasteiger partial charge in [0.05, 0.1) is 4.92 Å². The monoisotopic (exact) mass is 298 g/mol. The third-order valence-corrected chi connectivity index (χ3v) is 3.46. The van der Waals surface area contributed by atoms with Crippen LogP contribution in [-0.4, -0.2) is 17.3 Å². The molecule has 0 saturated carbocycles. The lowest BCUT2D eigenvalue weighted by molar-refractivity contribution is -0.384. The molecule has 0 N–H and O–H groups in total. The Hall–Kier alpha value is -2.69. The van der Waals surface area contributed by atoms with Gasteiger partial charge in [-0.15, -0.1) is 0 Å². The van der Waals surface area contributed by atoms with Crippen molar-refractivity contribution in [1.29, 1.82) is 0 Å². The molecule has 22 heavy (non-hydrogen) atoms. The number of aldehydes is 1. The first-order chi connectivity index (χ1) is 10.5. The second-order valence-electron chi connectivity index (χ2n) is 5.33. The summed E-state index contributed by atoms with van der Waals surface area (Å²) in [5, 5.41) is 11.3. The first-order valence-electron chi connectivity index (χ1n) is 7.07. The van der Waals surface area contributed by atoms with Crippen molar-refractivity contribution in [2.24, 2.45) is 0 Å². The number of nitro benzene ring substituents is 1. The van der Waals surface area contributed by atoms with Crippen LogP contribution in [0.1, 0.15) is 29.8 Å². The largest absolute Gasteiger partial charge is 0.359 e. The molecule has 0 atom stereocenters. The van der Waals surface area contributed by atoms with E-state index in [2.05, 4.69) is 0 Å². The number of anilines is 1. The Morgan fingerprint density at radius 1 is 1.18 bits per heavy atom. The summed E-state index contributed by atoms with van der Waals surface area (Å²) < 4.78 is 0. The summed E-state index contributed by atoms with van der Waals surface area (Å²) >= 11 is 0. The summed E-state index contributed by atoms with van der Waals surface area (Å²) in [5.74, 6) is 0. The van der Waals surface area contributed by atoms with E-state index in [0.717, 1.165) is 5.56 Å². The lowest BCUT2D eigenvalue weighted by atomic mass is 10.1. The third-order valence-electron chi connectivity index (χ3n) is 3.46. The van der Waals surface area contributed by atoms with E-state index in [1.54, 1.807) is 12.1 Å². The summed E-state index contributed by atoms with van der Waals surface area (Å²) in [6.45, 7) is 4.54. The molecular weight excluding hydrogens is 280 g/mol. The van der Waals surface area contributed by atoms with Gasteiger partial charge in [-0.05, 0) is 31.5 Å². The fourth-order valence-corrected chi connectivity index (χ4v) is 2.33. The van der Waals surface area contributed by atoms with Crippen molar-refractivity contribution in [3.8, 4) is 0 Å². The van der Waals surface area contributed by atoms with Crippen LogP contribution < -0.4 is 4.90 Å². The zero-order chi connectivity index (χ0) is 16.1. The molecule has 5 nitrogen and oxygen atoms in total. The van der Waals surface area contributed by atoms with Crippen molar-refractivity contribution in [2.75, 3.05) is 4.90 Å². The van der Waals surface area contributed by atoms with E-state index in [-0.39, 0.29) is 11.7 Å². The van der Waals surface area contributed by atoms with E-state index in [0.29, 0.717) is 24.1 Å². The number of hydrogen-bond acceptors (Lipinski definition) is 4. The van der Waals surface area contributed by atoms with E-state index < -0.39 is 4.92 Å². The highest BCUT2D eigenvalue weighted by molar-refractivity contribution is 5.79. The molecule has 0 saturated heterocycles. The van der Waals surface area contributed by atoms with Crippen LogP contribution in [0, 0.1) is 10.1 Å². The average molecular weight is 298 g/mol. The summed E-state index contributed by atoms with van der Waals surface area (Å²) in [5.41, 5.74) is 1.85. The summed E-state index contributed by atoms with van der Waals surface area (Å²) in [6, 6.07) is 14.5. The molecule has 0 spiro atoms. The third kappa shape index (κ3) is 3.49. The molecule has 2 aromatic carbocycles. The van der Waals surface area contributed by atoms with Crippen LogP contribution in [0.5, 0.6) is 0 Å². The zero-order valence-electron chi connectivity index (χ0n) is 12.6. The van der Waals surface area contributed by atoms with E-state index in [4.69, 9.17) is 0 Å². The van der Waals surface area contributed by atoms with Gasteiger partial charge in [-0.2, -0.15) is 0 Å². The molecule has 2 aromatic rings. The first kappa shape index (κ1) is 15.7. The fraction of sp³-hybridized carbons (Fsp3) is 0.235. The van der Waals surface area contributed by atoms with Crippen molar-refractivity contribution in [3.05, 3.63) is 69.8 Å². The molecule has 0 bridgehead atoms. The molecule has 0 fully saturated rings. The van der Waals surface area contributed by atoms with Gasteiger partial charge in [0.15, 0.2) is 0 Å². The van der Waals surface area contributed by atoms with Crippen LogP contribution >= 0.6 is 0 Å². The number of nitrogens with zero attached hydrogens (tertiary/aromatic N) is 2. The molecule has 0 heterocycles. The summed E-state index contributed by atoms with van der Waals surface area (Å²) in [4.78, 5) is 23.7. The number of carbonyl (C=O) groups is 1. The maximum atomic E-state index is 11.3. The van der Waals surface area contributed by atoms with Crippen molar-refractivity contribution in [3.63, 3.8) is 0 Å². The van der Waals surface area contributed by atoms with Crippen molar-refractivity contribution in [2.45, 2.75) is 26.4 Å². The minimum atomic E-state index is -0.442. The molecule has 114 valence electrons. The Morgan fingerprint density at radius 2 is 1.86 bits per heavy atom. The minimum Gasteiger partial charge on any atom is -0.359 e. The second kappa shape index (κ2) is 6.85. The Bertz CT molecular complexity index is 669. The first-order valence-corrected chi connectivity index (χ1v) is 7.07. The van der Waals surface area contributed by atoms with Gasteiger partial charge in [0.25, 0.3) is 5.69 Å². The van der Waals surface area contributed by atoms with Crippen LogP contribution in [0.2, 0.25) is 0 Å². The number of hydrogen-bond donors (Lipinski definition) is 0. The molecule has 0 aliphatic heterocycles. The molecule has 0 aliphatic carbocycles. The standard InChI is InChI=1S/C17H18N2O3/c1-13(2)18(11-14-6-4-3-5-7-14)16-9-8-15(12-20)10-17(16)19(21)22/h3-10,12-13H,11H2,1-2H3. The number of carbonyl (C=O) groups excluding carboxylic acids is 1. The molecule has 0 unspecified atom stereocenters. The van der Waals surface area contributed by atoms with E-state index in [1.165, 1.54) is 6.07 Å². The SMILES string of the molecule is CC(C)N(Cc1ccccc1)c1ccc(C=O)cc1[N+](=O)[O-]. The van der Waals surface area contributed by atoms with Gasteiger partial charge in [0.1, 0.15) is 12.0 Å². The highest BCUT2D eigenvalue weighted by Gasteiger charge is 2.22. The lowest BCUT2D eigenvalue weighted by Gasteiger charge is -2.28. The Labute approximate surface area is 129 Å². The number of rotatable bonds is 6. The Morgan fingerprint density at radius 3 is 2.41 bits per heavy atom. The van der Waals surface area contributed by atoms with E-state index in [9.17, 15) is 14.9 Å². The predicted molar refractivity (Wildman–Crippen MR) is 86.2 cm³/mol. The van der Waals surface area contributed by atoms with Gasteiger partial charge >= 0.3 is 0 Å². The molecule has 5 heteroatoms. The molecule has 0 aromatic heterocycles. The van der Waals surface area contributed by atoms with E-state index >= 15 is 0 Å². The summed E-state index contributed by atoms with van der Waals surface area (Å²) in [6.07, 6.45) is 0.619. The fourth-order valence-electron chi connectivity index (χ4n) is 2.33. The van der Waals surface area contributed by atoms with E-state index in [1.807, 2.05) is 49.1 Å². The van der Waals surface area contributed by atoms with Gasteiger partial charge < -0.3 is 4.90 Å². The topological polar surface area (TPSA) is 63.5 Å². The minimum absolute atomic E-state index is 0.0470. The van der Waals surface area contributed by atoms with Crippen LogP contribution in [-0.2, 0) is 6.54 Å². The molecule has 0 aliphatic rings. The van der Waals surface area contributed by atoms with Crippen molar-refractivity contribution in [1.82, 2.24) is 0 Å². The van der Waals surface area contributed by atoms with Crippen LogP contribution in [0.3, 0.4) is 0 Å². The highest BCUT2D eigenvalue weighted by atomic mass is 16.6. The Balaban J connectivity index is 2.44. The number of benzene rings is 2. The molecule has 2 rings (SSSR count). The van der Waals surface area contributed by atoms with Gasteiger partial charge in [-0.25, -0.2) is 0 Å². The molecule has 0 amide bonds. The zero-order valence-corrected chi connectivity index (χ0v) is 12.6. The van der Waals surface area contributed by atoms with Crippen LogP contribution in [0.15, 0.2) is 48.5 Å². The van der Waals surface area contributed by atoms with Crippen LogP contribution in [0.25, 0.3) is 0 Å². The maximum absolute atomic E-state index is 11.3. The van der Waals surface area contributed by atoms with Gasteiger partial charge in [0, 0.05) is 24.2 Å². The van der Waals surface area contributed by atoms with Crippen LogP contribution in [0.4, 0.5) is 11.4 Å². The molecule has 0 radical (unpaired) electrons. The smallest absolute Gasteiger partial charge is 0.293 e. The number of nitro groups is 1. The second-order valence-corrected chi connectivity index (χ2v) is 5.33. The average Bonchev–Trinajstić information content (AvgIpc) is 2.52. The quantitative estimate of drug-likeness (QED) is 0.462.